The van der Waals surface area contributed by atoms with Gasteiger partial charge < -0.3 is 5.32 Å². The van der Waals surface area contributed by atoms with Gasteiger partial charge in [0, 0.05) is 25.2 Å². The number of unbranched alkanes of at least 4 members (excludes halogenated alkanes) is 1. The fraction of sp³-hybridized carbons (Fsp3) is 0.533. The van der Waals surface area contributed by atoms with Crippen LogP contribution < -0.4 is 5.32 Å². The molecule has 1 heterocycles. The van der Waals surface area contributed by atoms with Gasteiger partial charge in [0.05, 0.1) is 4.90 Å². The number of hydrogen-bond acceptors (Lipinski definition) is 3. The molecule has 116 valence electrons. The number of amides is 1. The number of carbonyl (C=O) groups is 1. The summed E-state index contributed by atoms with van der Waals surface area (Å²) in [6.07, 6.45) is 3.79. The Morgan fingerprint density at radius 2 is 1.81 bits per heavy atom. The third-order valence-corrected chi connectivity index (χ3v) is 5.55. The van der Waals surface area contributed by atoms with Crippen molar-refractivity contribution in [3.63, 3.8) is 0 Å². The highest BCUT2D eigenvalue weighted by Crippen LogP contribution is 2.21. The van der Waals surface area contributed by atoms with Crippen LogP contribution in [-0.2, 0) is 10.0 Å². The molecule has 2 rings (SSSR count). The topological polar surface area (TPSA) is 66.5 Å². The molecular weight excluding hydrogens is 288 g/mol. The molecule has 0 atom stereocenters. The van der Waals surface area contributed by atoms with E-state index in [9.17, 15) is 13.2 Å². The van der Waals surface area contributed by atoms with Crippen LogP contribution in [0.25, 0.3) is 0 Å². The molecule has 0 radical (unpaired) electrons. The Hall–Kier alpha value is -1.40. The predicted molar refractivity (Wildman–Crippen MR) is 81.7 cm³/mol. The van der Waals surface area contributed by atoms with Crippen LogP contribution in [0.3, 0.4) is 0 Å². The molecule has 0 aromatic heterocycles. The Kier molecular flexibility index (Phi) is 5.36. The van der Waals surface area contributed by atoms with E-state index < -0.39 is 10.0 Å². The molecule has 1 amide bonds. The smallest absolute Gasteiger partial charge is 0.251 e. The number of sulfonamides is 1. The van der Waals surface area contributed by atoms with Gasteiger partial charge in [0.2, 0.25) is 10.0 Å². The molecule has 0 bridgehead atoms. The molecular formula is C15H22N2O3S. The van der Waals surface area contributed by atoms with Crippen molar-refractivity contribution in [1.29, 1.82) is 0 Å². The van der Waals surface area contributed by atoms with Crippen LogP contribution in [0.1, 0.15) is 43.0 Å². The molecule has 0 unspecified atom stereocenters. The minimum absolute atomic E-state index is 0.159. The normalized spacial score (nSPS) is 16.0. The Labute approximate surface area is 126 Å². The zero-order valence-electron chi connectivity index (χ0n) is 12.3. The van der Waals surface area contributed by atoms with E-state index in [1.165, 1.54) is 16.4 Å². The second kappa shape index (κ2) is 7.04. The summed E-state index contributed by atoms with van der Waals surface area (Å²) in [7, 11) is -3.40. The number of carbonyl (C=O) groups excluding carboxylic acids is 1. The first-order valence-corrected chi connectivity index (χ1v) is 8.88. The van der Waals surface area contributed by atoms with Crippen molar-refractivity contribution in [2.24, 2.45) is 0 Å². The van der Waals surface area contributed by atoms with Gasteiger partial charge in [-0.2, -0.15) is 4.31 Å². The quantitative estimate of drug-likeness (QED) is 0.817. The Morgan fingerprint density at radius 1 is 1.19 bits per heavy atom. The van der Waals surface area contributed by atoms with Gasteiger partial charge in [-0.05, 0) is 43.5 Å². The largest absolute Gasteiger partial charge is 0.352 e. The lowest BCUT2D eigenvalue weighted by Gasteiger charge is -2.15. The van der Waals surface area contributed by atoms with Gasteiger partial charge in [-0.15, -0.1) is 0 Å². The molecule has 0 aliphatic carbocycles. The van der Waals surface area contributed by atoms with Gasteiger partial charge in [0.25, 0.3) is 5.91 Å². The number of benzene rings is 1. The minimum atomic E-state index is -3.40. The summed E-state index contributed by atoms with van der Waals surface area (Å²) in [5, 5.41) is 2.81. The molecule has 1 aliphatic rings. The maximum atomic E-state index is 12.4. The van der Waals surface area contributed by atoms with Gasteiger partial charge in [-0.1, -0.05) is 13.3 Å². The molecule has 0 spiro atoms. The zero-order valence-corrected chi connectivity index (χ0v) is 13.2. The van der Waals surface area contributed by atoms with Gasteiger partial charge in [-0.3, -0.25) is 4.79 Å². The van der Waals surface area contributed by atoms with Crippen LogP contribution >= 0.6 is 0 Å². The van der Waals surface area contributed by atoms with Crippen LogP contribution in [0.4, 0.5) is 0 Å². The Morgan fingerprint density at radius 3 is 2.38 bits per heavy atom. The lowest BCUT2D eigenvalue weighted by atomic mass is 10.2. The molecule has 1 N–H and O–H groups in total. The number of hydrogen-bond donors (Lipinski definition) is 1. The molecule has 5 nitrogen and oxygen atoms in total. The van der Waals surface area contributed by atoms with E-state index in [2.05, 4.69) is 12.2 Å². The predicted octanol–water partition coefficient (Wildman–Crippen LogP) is 2.00. The number of rotatable bonds is 6. The van der Waals surface area contributed by atoms with Gasteiger partial charge >= 0.3 is 0 Å². The Bertz CT molecular complexity index is 575. The van der Waals surface area contributed by atoms with Crippen molar-refractivity contribution in [3.05, 3.63) is 29.8 Å². The Balaban J connectivity index is 2.06. The van der Waals surface area contributed by atoms with Crippen molar-refractivity contribution in [2.75, 3.05) is 19.6 Å². The van der Waals surface area contributed by atoms with Crippen molar-refractivity contribution >= 4 is 15.9 Å². The second-order valence-corrected chi connectivity index (χ2v) is 7.18. The van der Waals surface area contributed by atoms with Gasteiger partial charge in [-0.25, -0.2) is 8.42 Å². The van der Waals surface area contributed by atoms with E-state index in [-0.39, 0.29) is 10.8 Å². The average molecular weight is 310 g/mol. The lowest BCUT2D eigenvalue weighted by Crippen LogP contribution is -2.28. The first-order chi connectivity index (χ1) is 10.1. The zero-order chi connectivity index (χ0) is 15.3. The van der Waals surface area contributed by atoms with Crippen LogP contribution in [0.15, 0.2) is 29.2 Å². The average Bonchev–Trinajstić information content (AvgIpc) is 3.02. The number of nitrogens with zero attached hydrogens (tertiary/aromatic N) is 1. The van der Waals surface area contributed by atoms with Gasteiger partial charge in [0.1, 0.15) is 0 Å². The third-order valence-electron chi connectivity index (χ3n) is 3.64. The SMILES string of the molecule is CCCCNC(=O)c1ccc(S(=O)(=O)N2CCCC2)cc1. The van der Waals surface area contributed by atoms with Crippen LogP contribution in [0, 0.1) is 0 Å². The fourth-order valence-corrected chi connectivity index (χ4v) is 3.85. The molecule has 1 aromatic rings. The van der Waals surface area contributed by atoms with E-state index in [1.807, 2.05) is 0 Å². The van der Waals surface area contributed by atoms with E-state index in [4.69, 9.17) is 0 Å². The van der Waals surface area contributed by atoms with Crippen molar-refractivity contribution in [3.8, 4) is 0 Å². The maximum Gasteiger partial charge on any atom is 0.251 e. The molecule has 21 heavy (non-hydrogen) atoms. The summed E-state index contributed by atoms with van der Waals surface area (Å²) in [5.41, 5.74) is 0.492. The standard InChI is InChI=1S/C15H22N2O3S/c1-2-3-10-16-15(18)13-6-8-14(9-7-13)21(19,20)17-11-4-5-12-17/h6-9H,2-5,10-12H2,1H3,(H,16,18). The highest BCUT2D eigenvalue weighted by molar-refractivity contribution is 7.89. The van der Waals surface area contributed by atoms with E-state index in [1.54, 1.807) is 12.1 Å². The molecule has 1 aromatic carbocycles. The van der Waals surface area contributed by atoms with Crippen LogP contribution in [0.5, 0.6) is 0 Å². The molecule has 6 heteroatoms. The van der Waals surface area contributed by atoms with E-state index in [0.29, 0.717) is 25.2 Å². The summed E-state index contributed by atoms with van der Waals surface area (Å²) in [6.45, 7) is 3.87. The first kappa shape index (κ1) is 16.0. The fourth-order valence-electron chi connectivity index (χ4n) is 2.34. The molecule has 0 saturated carbocycles. The van der Waals surface area contributed by atoms with Crippen LogP contribution in [0.2, 0.25) is 0 Å². The summed E-state index contributed by atoms with van der Waals surface area (Å²) in [4.78, 5) is 12.1. The number of nitrogens with one attached hydrogen (secondary N) is 1. The van der Waals surface area contributed by atoms with E-state index in [0.717, 1.165) is 25.7 Å². The summed E-state index contributed by atoms with van der Waals surface area (Å²) in [6, 6.07) is 6.18. The minimum Gasteiger partial charge on any atom is -0.352 e. The monoisotopic (exact) mass is 310 g/mol. The van der Waals surface area contributed by atoms with E-state index >= 15 is 0 Å². The molecule has 1 saturated heterocycles. The molecule has 1 aliphatic heterocycles. The maximum absolute atomic E-state index is 12.4. The van der Waals surface area contributed by atoms with Crippen molar-refractivity contribution < 1.29 is 13.2 Å². The highest BCUT2D eigenvalue weighted by atomic mass is 32.2. The molecule has 1 fully saturated rings. The lowest BCUT2D eigenvalue weighted by molar-refractivity contribution is 0.0953. The van der Waals surface area contributed by atoms with Crippen molar-refractivity contribution in [1.82, 2.24) is 9.62 Å². The second-order valence-electron chi connectivity index (χ2n) is 5.25. The van der Waals surface area contributed by atoms with Gasteiger partial charge in [0.15, 0.2) is 0 Å². The summed E-state index contributed by atoms with van der Waals surface area (Å²) in [5.74, 6) is -0.159. The summed E-state index contributed by atoms with van der Waals surface area (Å²) >= 11 is 0. The van der Waals surface area contributed by atoms with Crippen LogP contribution in [-0.4, -0.2) is 38.3 Å². The first-order valence-electron chi connectivity index (χ1n) is 7.44. The van der Waals surface area contributed by atoms with Crippen molar-refractivity contribution in [2.45, 2.75) is 37.5 Å². The summed E-state index contributed by atoms with van der Waals surface area (Å²) < 4.78 is 26.2. The third kappa shape index (κ3) is 3.83. The highest BCUT2D eigenvalue weighted by Gasteiger charge is 2.27.